The van der Waals surface area contributed by atoms with E-state index in [1.165, 1.54) is 37.2 Å². The number of fused-ring (bicyclic) bond motifs is 1. The monoisotopic (exact) mass is 232 g/mol. The number of nitrogens with two attached hydrogens (primary N) is 1. The Balaban J connectivity index is 1.88. The van der Waals surface area contributed by atoms with Crippen LogP contribution in [-0.2, 0) is 6.42 Å². The highest BCUT2D eigenvalue weighted by molar-refractivity contribution is 5.54. The number of likely N-dealkylation sites (tertiary alicyclic amines) is 1. The number of hydrogen-bond donors (Lipinski definition) is 1. The average molecular weight is 232 g/mol. The third-order valence-corrected chi connectivity index (χ3v) is 4.53. The summed E-state index contributed by atoms with van der Waals surface area (Å²) in [7, 11) is 2.20. The predicted octanol–water partition coefficient (Wildman–Crippen LogP) is 1.52. The van der Waals surface area contributed by atoms with Gasteiger partial charge in [0.15, 0.2) is 5.69 Å². The zero-order valence-corrected chi connectivity index (χ0v) is 10.6. The Morgan fingerprint density at radius 2 is 1.94 bits per heavy atom. The number of hydrogen-bond acceptors (Lipinski definition) is 2. The smallest absolute Gasteiger partial charge is 0.155 e. The molecule has 0 amide bonds. The van der Waals surface area contributed by atoms with Crippen LogP contribution in [-0.4, -0.2) is 37.6 Å². The fourth-order valence-corrected chi connectivity index (χ4v) is 3.39. The second-order valence-corrected chi connectivity index (χ2v) is 5.57. The van der Waals surface area contributed by atoms with Crippen LogP contribution in [0.25, 0.3) is 0 Å². The van der Waals surface area contributed by atoms with E-state index < -0.39 is 0 Å². The first-order valence-corrected chi connectivity index (χ1v) is 6.63. The molecular weight excluding hydrogens is 210 g/mol. The van der Waals surface area contributed by atoms with Gasteiger partial charge in [-0.05, 0) is 7.05 Å². The van der Waals surface area contributed by atoms with E-state index in [0.717, 1.165) is 13.0 Å². The summed E-state index contributed by atoms with van der Waals surface area (Å²) < 4.78 is 0.685. The molecule has 17 heavy (non-hydrogen) atoms. The molecule has 1 aromatic carbocycles. The fraction of sp³-hybridized carbons (Fsp3) is 0.571. The molecule has 1 atom stereocenters. The van der Waals surface area contributed by atoms with Gasteiger partial charge in [-0.3, -0.25) is 0 Å². The molecule has 0 aromatic heterocycles. The quantitative estimate of drug-likeness (QED) is 0.587. The maximum atomic E-state index is 6.71. The van der Waals surface area contributed by atoms with Gasteiger partial charge >= 0.3 is 0 Å². The summed E-state index contributed by atoms with van der Waals surface area (Å²) in [6.07, 6.45) is 3.59. The number of nitrogens with zero attached hydrogens (tertiary/aromatic N) is 2. The first-order chi connectivity index (χ1) is 8.20. The van der Waals surface area contributed by atoms with E-state index in [2.05, 4.69) is 36.2 Å². The summed E-state index contributed by atoms with van der Waals surface area (Å²) >= 11 is 0. The lowest BCUT2D eigenvalue weighted by Crippen LogP contribution is -2.63. The highest BCUT2D eigenvalue weighted by atomic mass is 15.6. The zero-order chi connectivity index (χ0) is 11.9. The molecule has 2 aliphatic rings. The van der Waals surface area contributed by atoms with Gasteiger partial charge in [-0.2, -0.15) is 5.84 Å². The minimum Gasteiger partial charge on any atom is -0.306 e. The molecule has 3 nitrogen and oxygen atoms in total. The van der Waals surface area contributed by atoms with Crippen LogP contribution in [0.3, 0.4) is 0 Å². The molecule has 92 valence electrons. The summed E-state index contributed by atoms with van der Waals surface area (Å²) in [5.74, 6) is 6.71. The summed E-state index contributed by atoms with van der Waals surface area (Å²) in [6, 6.07) is 9.31. The van der Waals surface area contributed by atoms with E-state index in [0.29, 0.717) is 10.6 Å². The molecular formula is C14H22N3+. The molecule has 1 saturated heterocycles. The Morgan fingerprint density at radius 1 is 1.24 bits per heavy atom. The number of rotatable bonds is 1. The zero-order valence-electron chi connectivity index (χ0n) is 10.6. The molecule has 0 aliphatic carbocycles. The van der Waals surface area contributed by atoms with Crippen molar-refractivity contribution in [1.82, 2.24) is 9.49 Å². The van der Waals surface area contributed by atoms with Crippen molar-refractivity contribution in [3.63, 3.8) is 0 Å². The molecule has 1 aromatic rings. The van der Waals surface area contributed by atoms with E-state index >= 15 is 0 Å². The van der Waals surface area contributed by atoms with Gasteiger partial charge in [0.1, 0.15) is 12.6 Å². The molecule has 1 unspecified atom stereocenters. The van der Waals surface area contributed by atoms with Gasteiger partial charge in [0.05, 0.1) is 0 Å². The largest absolute Gasteiger partial charge is 0.306 e. The average Bonchev–Trinajstić information content (AvgIpc) is 2.70. The van der Waals surface area contributed by atoms with Gasteiger partial charge in [0.25, 0.3) is 0 Å². The maximum Gasteiger partial charge on any atom is 0.155 e. The van der Waals surface area contributed by atoms with Gasteiger partial charge < -0.3 is 4.90 Å². The molecule has 1 fully saturated rings. The van der Waals surface area contributed by atoms with Crippen LogP contribution in [0.4, 0.5) is 5.69 Å². The van der Waals surface area contributed by atoms with Crippen molar-refractivity contribution in [2.24, 2.45) is 5.84 Å². The number of benzene rings is 1. The highest BCUT2D eigenvalue weighted by Gasteiger charge is 2.43. The highest BCUT2D eigenvalue weighted by Crippen LogP contribution is 2.36. The predicted molar refractivity (Wildman–Crippen MR) is 71.5 cm³/mol. The van der Waals surface area contributed by atoms with Crippen LogP contribution in [0, 0.1) is 0 Å². The van der Waals surface area contributed by atoms with Gasteiger partial charge in [-0.1, -0.05) is 18.2 Å². The van der Waals surface area contributed by atoms with Crippen LogP contribution < -0.4 is 10.4 Å². The standard InChI is InChI=1S/C14H22N3/c1-16-9-6-13(7-10-16)17(15)11-8-12-4-2-3-5-14(12)17/h2-5,13H,6-11,15H2,1H3/q+1. The van der Waals surface area contributed by atoms with Crippen molar-refractivity contribution in [3.05, 3.63) is 29.8 Å². The SMILES string of the molecule is CN1CCC([N+]2(N)CCc3ccccc32)CC1. The van der Waals surface area contributed by atoms with Crippen LogP contribution in [0.15, 0.2) is 24.3 Å². The second-order valence-electron chi connectivity index (χ2n) is 5.57. The molecule has 2 aliphatic heterocycles. The summed E-state index contributed by atoms with van der Waals surface area (Å²) in [5, 5.41) is 0. The van der Waals surface area contributed by atoms with Crippen molar-refractivity contribution < 1.29 is 0 Å². The topological polar surface area (TPSA) is 29.3 Å². The van der Waals surface area contributed by atoms with E-state index in [9.17, 15) is 0 Å². The summed E-state index contributed by atoms with van der Waals surface area (Å²) in [4.78, 5) is 2.41. The Bertz CT molecular complexity index is 410. The molecule has 0 radical (unpaired) electrons. The third-order valence-electron chi connectivity index (χ3n) is 4.53. The first-order valence-electron chi connectivity index (χ1n) is 6.63. The maximum absolute atomic E-state index is 6.71. The molecule has 0 saturated carbocycles. The van der Waals surface area contributed by atoms with Crippen LogP contribution >= 0.6 is 0 Å². The van der Waals surface area contributed by atoms with E-state index in [1.54, 1.807) is 0 Å². The van der Waals surface area contributed by atoms with E-state index in [4.69, 9.17) is 5.84 Å². The lowest BCUT2D eigenvalue weighted by atomic mass is 10.0. The molecule has 3 rings (SSSR count). The first kappa shape index (κ1) is 11.2. The molecule has 2 N–H and O–H groups in total. The van der Waals surface area contributed by atoms with Gasteiger partial charge in [-0.25, -0.2) is 4.59 Å². The molecule has 0 bridgehead atoms. The molecule has 0 spiro atoms. The second kappa shape index (κ2) is 4.09. The Kier molecular flexibility index (Phi) is 2.69. The lowest BCUT2D eigenvalue weighted by Gasteiger charge is -2.40. The number of para-hydroxylation sites is 1. The van der Waals surface area contributed by atoms with Crippen LogP contribution in [0.2, 0.25) is 0 Å². The minimum absolute atomic E-state index is 0.606. The number of quaternary nitrogens is 1. The molecule has 3 heteroatoms. The summed E-state index contributed by atoms with van der Waals surface area (Å²) in [6.45, 7) is 3.45. The number of piperidine rings is 1. The van der Waals surface area contributed by atoms with E-state index in [-0.39, 0.29) is 0 Å². The van der Waals surface area contributed by atoms with E-state index in [1.807, 2.05) is 0 Å². The van der Waals surface area contributed by atoms with Crippen molar-refractivity contribution in [3.8, 4) is 0 Å². The van der Waals surface area contributed by atoms with Crippen LogP contribution in [0.1, 0.15) is 18.4 Å². The van der Waals surface area contributed by atoms with Gasteiger partial charge in [0.2, 0.25) is 0 Å². The minimum atomic E-state index is 0.606. The van der Waals surface area contributed by atoms with Crippen molar-refractivity contribution >= 4 is 5.69 Å². The fourth-order valence-electron chi connectivity index (χ4n) is 3.39. The van der Waals surface area contributed by atoms with Crippen LogP contribution in [0.5, 0.6) is 0 Å². The Labute approximate surface area is 103 Å². The van der Waals surface area contributed by atoms with Gasteiger partial charge in [-0.15, -0.1) is 0 Å². The van der Waals surface area contributed by atoms with Crippen molar-refractivity contribution in [1.29, 1.82) is 0 Å². The molecule has 2 heterocycles. The van der Waals surface area contributed by atoms with Crippen molar-refractivity contribution in [2.75, 3.05) is 26.7 Å². The normalized spacial score (nSPS) is 30.5. The Morgan fingerprint density at radius 3 is 2.71 bits per heavy atom. The van der Waals surface area contributed by atoms with Gasteiger partial charge in [0, 0.05) is 44.0 Å². The lowest BCUT2D eigenvalue weighted by molar-refractivity contribution is 0.134. The third kappa shape index (κ3) is 1.79. The Hall–Kier alpha value is -0.900. The summed E-state index contributed by atoms with van der Waals surface area (Å²) in [5.41, 5.74) is 2.82. The van der Waals surface area contributed by atoms with Crippen molar-refractivity contribution in [2.45, 2.75) is 25.3 Å².